The number of nitrogens with zero attached hydrogens (tertiary/aromatic N) is 3. The summed E-state index contributed by atoms with van der Waals surface area (Å²) in [6.45, 7) is 0.729. The predicted molar refractivity (Wildman–Crippen MR) is 121 cm³/mol. The van der Waals surface area contributed by atoms with Crippen LogP contribution in [0.25, 0.3) is 10.2 Å². The molecule has 0 radical (unpaired) electrons. The topological polar surface area (TPSA) is 141 Å². The number of thiazole rings is 1. The zero-order chi connectivity index (χ0) is 23.8. The van der Waals surface area contributed by atoms with E-state index >= 15 is 0 Å². The molecule has 0 spiro atoms. The number of primary sulfonamides is 1. The van der Waals surface area contributed by atoms with E-state index in [1.807, 2.05) is 0 Å². The minimum absolute atomic E-state index is 0.0410. The van der Waals surface area contributed by atoms with E-state index in [0.717, 1.165) is 16.2 Å². The standard InChI is InChI=1S/C21H20N4O6S2/c1-31-10-9-24-16-6-5-15(33(22,29)30)12-17(16)32-21(24)23-20(28)13-3-2-4-14(11-13)25-18(26)7-8-19(25)27/h2-6,11-12H,7-10H2,1H3,(H2,22,29,30). The van der Waals surface area contributed by atoms with Crippen molar-refractivity contribution >= 4 is 55.0 Å². The second-order valence-corrected chi connectivity index (χ2v) is 9.86. The molecular formula is C21H20N4O6S2. The lowest BCUT2D eigenvalue weighted by Gasteiger charge is -2.14. The molecule has 1 fully saturated rings. The highest BCUT2D eigenvalue weighted by Gasteiger charge is 2.30. The maximum atomic E-state index is 13.0. The summed E-state index contributed by atoms with van der Waals surface area (Å²) in [4.78, 5) is 42.6. The number of carbonyl (C=O) groups excluding carboxylic acids is 3. The molecule has 172 valence electrons. The fourth-order valence-corrected chi connectivity index (χ4v) is 5.22. The van der Waals surface area contributed by atoms with Crippen LogP contribution in [0.1, 0.15) is 23.2 Å². The maximum absolute atomic E-state index is 13.0. The summed E-state index contributed by atoms with van der Waals surface area (Å²) < 4.78 is 30.9. The number of anilines is 1. The fraction of sp³-hybridized carbons (Fsp3) is 0.238. The fourth-order valence-electron chi connectivity index (χ4n) is 3.51. The lowest BCUT2D eigenvalue weighted by Crippen LogP contribution is -2.28. The van der Waals surface area contributed by atoms with Crippen molar-refractivity contribution in [2.45, 2.75) is 24.3 Å². The number of benzene rings is 2. The predicted octanol–water partition coefficient (Wildman–Crippen LogP) is 1.39. The molecule has 0 saturated carbocycles. The summed E-state index contributed by atoms with van der Waals surface area (Å²) in [5, 5.41) is 5.24. The highest BCUT2D eigenvalue weighted by Crippen LogP contribution is 2.24. The third-order valence-corrected chi connectivity index (χ3v) is 7.05. The average Bonchev–Trinajstić information content (AvgIpc) is 3.29. The Hall–Kier alpha value is -3.19. The van der Waals surface area contributed by atoms with Gasteiger partial charge in [0.1, 0.15) is 0 Å². The van der Waals surface area contributed by atoms with Crippen LogP contribution < -0.4 is 14.8 Å². The Morgan fingerprint density at radius 3 is 2.55 bits per heavy atom. The largest absolute Gasteiger partial charge is 0.383 e. The van der Waals surface area contributed by atoms with Crippen LogP contribution in [0.4, 0.5) is 5.69 Å². The molecular weight excluding hydrogens is 468 g/mol. The molecule has 0 atom stereocenters. The second-order valence-electron chi connectivity index (χ2n) is 7.29. The van der Waals surface area contributed by atoms with E-state index < -0.39 is 15.9 Å². The van der Waals surface area contributed by atoms with Crippen LogP contribution >= 0.6 is 11.3 Å². The van der Waals surface area contributed by atoms with Gasteiger partial charge in [0.2, 0.25) is 21.8 Å². The third kappa shape index (κ3) is 4.64. The Morgan fingerprint density at radius 1 is 1.15 bits per heavy atom. The molecule has 3 aromatic rings. The van der Waals surface area contributed by atoms with Crippen LogP contribution in [0, 0.1) is 0 Å². The zero-order valence-electron chi connectivity index (χ0n) is 17.6. The van der Waals surface area contributed by atoms with Crippen LogP contribution in [0.2, 0.25) is 0 Å². The van der Waals surface area contributed by atoms with Gasteiger partial charge in [-0.15, -0.1) is 0 Å². The van der Waals surface area contributed by atoms with Crippen molar-refractivity contribution in [1.29, 1.82) is 0 Å². The average molecular weight is 489 g/mol. The molecule has 2 heterocycles. The number of methoxy groups -OCH3 is 1. The molecule has 2 N–H and O–H groups in total. The molecule has 10 nitrogen and oxygen atoms in total. The molecule has 33 heavy (non-hydrogen) atoms. The molecule has 1 aliphatic rings. The number of aromatic nitrogens is 1. The molecule has 1 aromatic heterocycles. The number of nitrogens with two attached hydrogens (primary N) is 1. The van der Waals surface area contributed by atoms with Gasteiger partial charge in [0, 0.05) is 32.1 Å². The van der Waals surface area contributed by atoms with E-state index in [1.54, 1.807) is 35.9 Å². The molecule has 0 unspecified atom stereocenters. The van der Waals surface area contributed by atoms with Crippen molar-refractivity contribution in [1.82, 2.24) is 4.57 Å². The monoisotopic (exact) mass is 488 g/mol. The Morgan fingerprint density at radius 2 is 1.88 bits per heavy atom. The zero-order valence-corrected chi connectivity index (χ0v) is 19.2. The minimum atomic E-state index is -3.89. The SMILES string of the molecule is COCCn1c(=NC(=O)c2cccc(N3C(=O)CCC3=O)c2)sc2cc(S(N)(=O)=O)ccc21. The van der Waals surface area contributed by atoms with Crippen molar-refractivity contribution in [3.05, 3.63) is 52.8 Å². The molecule has 0 aliphatic carbocycles. The summed E-state index contributed by atoms with van der Waals surface area (Å²) in [6, 6.07) is 10.6. The van der Waals surface area contributed by atoms with Gasteiger partial charge in [-0.2, -0.15) is 4.99 Å². The smallest absolute Gasteiger partial charge is 0.279 e. The number of amides is 3. The van der Waals surface area contributed by atoms with Gasteiger partial charge in [-0.3, -0.25) is 19.3 Å². The second kappa shape index (κ2) is 8.98. The van der Waals surface area contributed by atoms with Gasteiger partial charge in [-0.1, -0.05) is 17.4 Å². The lowest BCUT2D eigenvalue weighted by atomic mass is 10.2. The van der Waals surface area contributed by atoms with Crippen LogP contribution in [-0.2, 0) is 30.9 Å². The molecule has 0 bridgehead atoms. The highest BCUT2D eigenvalue weighted by atomic mass is 32.2. The Kier molecular flexibility index (Phi) is 6.26. The van der Waals surface area contributed by atoms with Crippen LogP contribution in [-0.4, -0.2) is 44.4 Å². The minimum Gasteiger partial charge on any atom is -0.383 e. The molecule has 1 saturated heterocycles. The quantitative estimate of drug-likeness (QED) is 0.520. The first-order chi connectivity index (χ1) is 15.7. The van der Waals surface area contributed by atoms with Crippen LogP contribution in [0.5, 0.6) is 0 Å². The third-order valence-electron chi connectivity index (χ3n) is 5.10. The highest BCUT2D eigenvalue weighted by molar-refractivity contribution is 7.89. The maximum Gasteiger partial charge on any atom is 0.279 e. The van der Waals surface area contributed by atoms with Gasteiger partial charge in [-0.05, 0) is 36.4 Å². The first-order valence-electron chi connectivity index (χ1n) is 9.89. The number of rotatable bonds is 6. The number of sulfonamides is 1. The van der Waals surface area contributed by atoms with Crippen molar-refractivity contribution in [3.63, 3.8) is 0 Å². The van der Waals surface area contributed by atoms with Gasteiger partial charge < -0.3 is 9.30 Å². The number of ether oxygens (including phenoxy) is 1. The van der Waals surface area contributed by atoms with Gasteiger partial charge in [0.25, 0.3) is 5.91 Å². The Bertz CT molecular complexity index is 1440. The van der Waals surface area contributed by atoms with E-state index in [0.29, 0.717) is 33.9 Å². The summed E-state index contributed by atoms with van der Waals surface area (Å²) in [5.74, 6) is -1.19. The number of hydrogen-bond donors (Lipinski definition) is 1. The van der Waals surface area contributed by atoms with Gasteiger partial charge >= 0.3 is 0 Å². The number of hydrogen-bond acceptors (Lipinski definition) is 7. The van der Waals surface area contributed by atoms with Crippen LogP contribution in [0.15, 0.2) is 52.4 Å². The summed E-state index contributed by atoms with van der Waals surface area (Å²) in [7, 11) is -2.34. The molecule has 4 rings (SSSR count). The van der Waals surface area contributed by atoms with Crippen molar-refractivity contribution in [2.24, 2.45) is 10.1 Å². The number of carbonyl (C=O) groups is 3. The molecule has 12 heteroatoms. The molecule has 1 aliphatic heterocycles. The van der Waals surface area contributed by atoms with E-state index in [9.17, 15) is 22.8 Å². The van der Waals surface area contributed by atoms with Gasteiger partial charge in [-0.25, -0.2) is 13.6 Å². The number of fused-ring (bicyclic) bond motifs is 1. The van der Waals surface area contributed by atoms with Crippen LogP contribution in [0.3, 0.4) is 0 Å². The molecule has 2 aromatic carbocycles. The molecule has 3 amide bonds. The van der Waals surface area contributed by atoms with Crippen molar-refractivity contribution in [2.75, 3.05) is 18.6 Å². The summed E-state index contributed by atoms with van der Waals surface area (Å²) in [6.07, 6.45) is 0.284. The summed E-state index contributed by atoms with van der Waals surface area (Å²) in [5.41, 5.74) is 1.21. The first kappa shape index (κ1) is 23.0. The van der Waals surface area contributed by atoms with Gasteiger partial charge in [0.15, 0.2) is 4.80 Å². The van der Waals surface area contributed by atoms with E-state index in [-0.39, 0.29) is 35.1 Å². The van der Waals surface area contributed by atoms with Gasteiger partial charge in [0.05, 0.1) is 27.4 Å². The number of imide groups is 1. The van der Waals surface area contributed by atoms with Crippen molar-refractivity contribution in [3.8, 4) is 0 Å². The van der Waals surface area contributed by atoms with E-state index in [1.165, 1.54) is 18.2 Å². The van der Waals surface area contributed by atoms with Crippen molar-refractivity contribution < 1.29 is 27.5 Å². The Balaban J connectivity index is 1.77. The normalized spacial score (nSPS) is 15.1. The lowest BCUT2D eigenvalue weighted by molar-refractivity contribution is -0.121. The Labute approximate surface area is 193 Å². The summed E-state index contributed by atoms with van der Waals surface area (Å²) >= 11 is 1.14. The van der Waals surface area contributed by atoms with E-state index in [4.69, 9.17) is 9.88 Å². The van der Waals surface area contributed by atoms with E-state index in [2.05, 4.69) is 4.99 Å². The first-order valence-corrected chi connectivity index (χ1v) is 12.3.